The molecule has 1 aliphatic carbocycles. The van der Waals surface area contributed by atoms with Gasteiger partial charge in [0, 0.05) is 25.6 Å². The Morgan fingerprint density at radius 2 is 2.06 bits per heavy atom. The molecular formula is C12H21NO3. The summed E-state index contributed by atoms with van der Waals surface area (Å²) >= 11 is 0. The predicted molar refractivity (Wildman–Crippen MR) is 60.1 cm³/mol. The SMILES string of the molecule is CC(C)(CN1CC2CCC(O)C2C1)C(=O)O. The fourth-order valence-electron chi connectivity index (χ4n) is 3.08. The number of carboxylic acids is 1. The first-order valence-corrected chi connectivity index (χ1v) is 6.04. The molecule has 0 aromatic carbocycles. The van der Waals surface area contributed by atoms with Crippen LogP contribution in [0.2, 0.25) is 0 Å². The molecule has 1 aliphatic heterocycles. The van der Waals surface area contributed by atoms with E-state index in [0.717, 1.165) is 25.9 Å². The largest absolute Gasteiger partial charge is 0.481 e. The number of rotatable bonds is 3. The fourth-order valence-corrected chi connectivity index (χ4v) is 3.08. The minimum absolute atomic E-state index is 0.164. The quantitative estimate of drug-likeness (QED) is 0.748. The van der Waals surface area contributed by atoms with E-state index < -0.39 is 11.4 Å². The summed E-state index contributed by atoms with van der Waals surface area (Å²) in [5.41, 5.74) is -0.691. The van der Waals surface area contributed by atoms with Gasteiger partial charge in [-0.2, -0.15) is 0 Å². The van der Waals surface area contributed by atoms with Crippen molar-refractivity contribution in [3.05, 3.63) is 0 Å². The molecule has 2 N–H and O–H groups in total. The Labute approximate surface area is 96.3 Å². The molecule has 0 aromatic heterocycles. The zero-order chi connectivity index (χ0) is 11.9. The molecule has 92 valence electrons. The third-order valence-electron chi connectivity index (χ3n) is 4.09. The van der Waals surface area contributed by atoms with Gasteiger partial charge in [-0.1, -0.05) is 0 Å². The first-order chi connectivity index (χ1) is 7.40. The van der Waals surface area contributed by atoms with Crippen molar-refractivity contribution in [3.63, 3.8) is 0 Å². The Morgan fingerprint density at radius 1 is 1.38 bits per heavy atom. The predicted octanol–water partition coefficient (Wildman–Crippen LogP) is 0.800. The van der Waals surface area contributed by atoms with Crippen LogP contribution in [-0.2, 0) is 4.79 Å². The number of aliphatic hydroxyl groups is 1. The number of carbonyl (C=O) groups is 1. The van der Waals surface area contributed by atoms with Gasteiger partial charge in [-0.15, -0.1) is 0 Å². The maximum atomic E-state index is 11.0. The molecule has 0 aromatic rings. The summed E-state index contributed by atoms with van der Waals surface area (Å²) in [6.45, 7) is 5.93. The molecule has 0 radical (unpaired) electrons. The average Bonchev–Trinajstić information content (AvgIpc) is 2.68. The number of fused-ring (bicyclic) bond motifs is 1. The molecule has 1 heterocycles. The number of carboxylic acid groups (broad SMARTS) is 1. The van der Waals surface area contributed by atoms with Crippen molar-refractivity contribution in [2.24, 2.45) is 17.3 Å². The van der Waals surface area contributed by atoms with Crippen molar-refractivity contribution in [3.8, 4) is 0 Å². The fraction of sp³-hybridized carbons (Fsp3) is 0.917. The van der Waals surface area contributed by atoms with Crippen LogP contribution in [0.4, 0.5) is 0 Å². The van der Waals surface area contributed by atoms with Crippen molar-refractivity contribution in [1.82, 2.24) is 4.90 Å². The average molecular weight is 227 g/mol. The van der Waals surface area contributed by atoms with E-state index in [9.17, 15) is 9.90 Å². The molecule has 1 saturated carbocycles. The van der Waals surface area contributed by atoms with Gasteiger partial charge in [0.2, 0.25) is 0 Å². The van der Waals surface area contributed by atoms with Crippen LogP contribution in [0.25, 0.3) is 0 Å². The monoisotopic (exact) mass is 227 g/mol. The van der Waals surface area contributed by atoms with Gasteiger partial charge in [-0.05, 0) is 32.6 Å². The number of hydrogen-bond donors (Lipinski definition) is 2. The summed E-state index contributed by atoms with van der Waals surface area (Å²) in [5, 5.41) is 18.9. The third-order valence-corrected chi connectivity index (χ3v) is 4.09. The maximum Gasteiger partial charge on any atom is 0.310 e. The van der Waals surface area contributed by atoms with Crippen molar-refractivity contribution in [1.29, 1.82) is 0 Å². The highest BCUT2D eigenvalue weighted by Gasteiger charge is 2.43. The van der Waals surface area contributed by atoms with Crippen LogP contribution >= 0.6 is 0 Å². The van der Waals surface area contributed by atoms with Gasteiger partial charge < -0.3 is 15.1 Å². The van der Waals surface area contributed by atoms with Gasteiger partial charge in [-0.25, -0.2) is 0 Å². The van der Waals surface area contributed by atoms with Crippen LogP contribution in [0.1, 0.15) is 26.7 Å². The van der Waals surface area contributed by atoms with Crippen molar-refractivity contribution >= 4 is 5.97 Å². The van der Waals surface area contributed by atoms with E-state index in [1.807, 2.05) is 0 Å². The molecule has 0 bridgehead atoms. The van der Waals surface area contributed by atoms with Gasteiger partial charge in [0.1, 0.15) is 0 Å². The van der Waals surface area contributed by atoms with Crippen LogP contribution in [0.15, 0.2) is 0 Å². The lowest BCUT2D eigenvalue weighted by molar-refractivity contribution is -0.147. The number of aliphatic hydroxyl groups excluding tert-OH is 1. The molecular weight excluding hydrogens is 206 g/mol. The van der Waals surface area contributed by atoms with Crippen LogP contribution in [0.5, 0.6) is 0 Å². The van der Waals surface area contributed by atoms with Crippen LogP contribution in [0, 0.1) is 17.3 Å². The molecule has 0 amide bonds. The molecule has 1 saturated heterocycles. The first-order valence-electron chi connectivity index (χ1n) is 6.04. The highest BCUT2D eigenvalue weighted by molar-refractivity contribution is 5.73. The normalized spacial score (nSPS) is 35.3. The van der Waals surface area contributed by atoms with Gasteiger partial charge in [0.15, 0.2) is 0 Å². The first kappa shape index (κ1) is 11.9. The van der Waals surface area contributed by atoms with Crippen molar-refractivity contribution in [2.75, 3.05) is 19.6 Å². The van der Waals surface area contributed by atoms with Gasteiger partial charge >= 0.3 is 5.97 Å². The molecule has 2 rings (SSSR count). The van der Waals surface area contributed by atoms with Crippen molar-refractivity contribution in [2.45, 2.75) is 32.8 Å². The molecule has 2 aliphatic rings. The number of likely N-dealkylation sites (tertiary alicyclic amines) is 1. The summed E-state index contributed by atoms with van der Waals surface area (Å²) in [6.07, 6.45) is 1.85. The minimum atomic E-state index is -0.745. The Balaban J connectivity index is 1.93. The second kappa shape index (κ2) is 4.00. The van der Waals surface area contributed by atoms with E-state index in [0.29, 0.717) is 18.4 Å². The van der Waals surface area contributed by atoms with Gasteiger partial charge in [0.05, 0.1) is 11.5 Å². The Hall–Kier alpha value is -0.610. The van der Waals surface area contributed by atoms with E-state index in [1.54, 1.807) is 13.8 Å². The molecule has 4 nitrogen and oxygen atoms in total. The summed E-state index contributed by atoms with van der Waals surface area (Å²) in [7, 11) is 0. The van der Waals surface area contributed by atoms with E-state index in [1.165, 1.54) is 0 Å². The zero-order valence-corrected chi connectivity index (χ0v) is 10.0. The lowest BCUT2D eigenvalue weighted by atomic mass is 9.93. The topological polar surface area (TPSA) is 60.8 Å². The van der Waals surface area contributed by atoms with E-state index in [-0.39, 0.29) is 6.10 Å². The summed E-state index contributed by atoms with van der Waals surface area (Å²) in [5.74, 6) is 0.217. The molecule has 0 spiro atoms. The number of hydrogen-bond acceptors (Lipinski definition) is 3. The summed E-state index contributed by atoms with van der Waals surface area (Å²) in [4.78, 5) is 13.2. The highest BCUT2D eigenvalue weighted by Crippen LogP contribution is 2.38. The number of aliphatic carboxylic acids is 1. The molecule has 2 fully saturated rings. The Kier molecular flexibility index (Phi) is 2.97. The summed E-state index contributed by atoms with van der Waals surface area (Å²) < 4.78 is 0. The van der Waals surface area contributed by atoms with Crippen molar-refractivity contribution < 1.29 is 15.0 Å². The van der Waals surface area contributed by atoms with E-state index in [2.05, 4.69) is 4.90 Å². The van der Waals surface area contributed by atoms with Crippen LogP contribution in [0.3, 0.4) is 0 Å². The lowest BCUT2D eigenvalue weighted by Gasteiger charge is -2.27. The highest BCUT2D eigenvalue weighted by atomic mass is 16.4. The standard InChI is InChI=1S/C12H21NO3/c1-12(2,11(15)16)7-13-5-8-3-4-10(14)9(8)6-13/h8-10,14H,3-7H2,1-2H3,(H,15,16). The minimum Gasteiger partial charge on any atom is -0.481 e. The van der Waals surface area contributed by atoms with Gasteiger partial charge in [-0.3, -0.25) is 4.79 Å². The summed E-state index contributed by atoms with van der Waals surface area (Å²) in [6, 6.07) is 0. The lowest BCUT2D eigenvalue weighted by Crippen LogP contribution is -2.39. The second-order valence-corrected chi connectivity index (χ2v) is 5.95. The van der Waals surface area contributed by atoms with Crippen LogP contribution < -0.4 is 0 Å². The molecule has 4 heteroatoms. The van der Waals surface area contributed by atoms with Crippen LogP contribution in [-0.4, -0.2) is 46.8 Å². The number of nitrogens with zero attached hydrogens (tertiary/aromatic N) is 1. The maximum absolute atomic E-state index is 11.0. The van der Waals surface area contributed by atoms with E-state index >= 15 is 0 Å². The zero-order valence-electron chi connectivity index (χ0n) is 10.0. The Bertz CT molecular complexity index is 290. The molecule has 3 unspecified atom stereocenters. The molecule has 3 atom stereocenters. The third kappa shape index (κ3) is 2.09. The second-order valence-electron chi connectivity index (χ2n) is 5.95. The molecule has 16 heavy (non-hydrogen) atoms. The Morgan fingerprint density at radius 3 is 2.62 bits per heavy atom. The smallest absolute Gasteiger partial charge is 0.310 e. The van der Waals surface area contributed by atoms with E-state index in [4.69, 9.17) is 5.11 Å². The van der Waals surface area contributed by atoms with Gasteiger partial charge in [0.25, 0.3) is 0 Å².